The van der Waals surface area contributed by atoms with Gasteiger partial charge in [-0.25, -0.2) is 9.97 Å². The second-order valence-electron chi connectivity index (χ2n) is 6.79. The first-order valence-electron chi connectivity index (χ1n) is 9.25. The van der Waals surface area contributed by atoms with Crippen LogP contribution in [0.4, 0.5) is 5.82 Å². The largest absolute Gasteiger partial charge is 0.369 e. The number of H-pyrrole nitrogens is 1. The predicted octanol–water partition coefficient (Wildman–Crippen LogP) is 2.67. The van der Waals surface area contributed by atoms with Crippen LogP contribution in [0.1, 0.15) is 51.7 Å². The molecule has 0 aromatic carbocycles. The van der Waals surface area contributed by atoms with Crippen LogP contribution < -0.4 is 10.6 Å². The van der Waals surface area contributed by atoms with Gasteiger partial charge in [0.2, 0.25) is 5.82 Å². The number of rotatable bonds is 7. The van der Waals surface area contributed by atoms with Gasteiger partial charge in [0, 0.05) is 30.2 Å². The Hall–Kier alpha value is -3.29. The Morgan fingerprint density at radius 2 is 2.07 bits per heavy atom. The van der Waals surface area contributed by atoms with E-state index in [9.17, 15) is 4.79 Å². The predicted molar refractivity (Wildman–Crippen MR) is 107 cm³/mol. The number of nitrogens with zero attached hydrogens (tertiary/aromatic N) is 4. The molecule has 0 unspecified atom stereocenters. The third kappa shape index (κ3) is 4.51. The molecule has 0 aliphatic heterocycles. The minimum Gasteiger partial charge on any atom is -0.369 e. The summed E-state index contributed by atoms with van der Waals surface area (Å²) in [6, 6.07) is 3.61. The average Bonchev–Trinajstić information content (AvgIpc) is 3.18. The van der Waals surface area contributed by atoms with Gasteiger partial charge in [0.25, 0.3) is 5.91 Å². The molecule has 146 valence electrons. The molecule has 3 rings (SSSR count). The standard InChI is InChI=1S/C20H25N7O/c1-12-6-5-8-21-17(12)15(4)26-20(28)19-25-14(3)13(2)18(27-19)22-9-7-16-10-23-24-11-16/h5-6,8,10-11,15H,7,9H2,1-4H3,(H,23,24)(H,26,28)(H,22,25,27)/t15-/m1/s1. The molecule has 3 aromatic heterocycles. The van der Waals surface area contributed by atoms with E-state index >= 15 is 0 Å². The molecular weight excluding hydrogens is 354 g/mol. The van der Waals surface area contributed by atoms with Crippen LogP contribution >= 0.6 is 0 Å². The van der Waals surface area contributed by atoms with E-state index in [-0.39, 0.29) is 17.8 Å². The minimum absolute atomic E-state index is 0.148. The Labute approximate surface area is 164 Å². The summed E-state index contributed by atoms with van der Waals surface area (Å²) in [7, 11) is 0. The van der Waals surface area contributed by atoms with Crippen molar-refractivity contribution in [3.8, 4) is 0 Å². The van der Waals surface area contributed by atoms with Crippen LogP contribution in [-0.2, 0) is 6.42 Å². The van der Waals surface area contributed by atoms with Gasteiger partial charge in [0.15, 0.2) is 0 Å². The zero-order valence-corrected chi connectivity index (χ0v) is 16.6. The molecule has 3 N–H and O–H groups in total. The van der Waals surface area contributed by atoms with E-state index in [1.165, 1.54) is 0 Å². The highest BCUT2D eigenvalue weighted by Crippen LogP contribution is 2.17. The van der Waals surface area contributed by atoms with Gasteiger partial charge >= 0.3 is 0 Å². The Balaban J connectivity index is 1.71. The molecule has 0 bridgehead atoms. The van der Waals surface area contributed by atoms with Crippen LogP contribution in [0, 0.1) is 20.8 Å². The van der Waals surface area contributed by atoms with Gasteiger partial charge in [0.1, 0.15) is 5.82 Å². The summed E-state index contributed by atoms with van der Waals surface area (Å²) in [5, 5.41) is 13.0. The Morgan fingerprint density at radius 3 is 2.79 bits per heavy atom. The maximum absolute atomic E-state index is 12.7. The molecule has 1 amide bonds. The van der Waals surface area contributed by atoms with E-state index in [1.807, 2.05) is 46.0 Å². The van der Waals surface area contributed by atoms with E-state index in [1.54, 1.807) is 12.4 Å². The van der Waals surface area contributed by atoms with Crippen LogP contribution in [0.15, 0.2) is 30.7 Å². The van der Waals surface area contributed by atoms with Crippen LogP contribution in [-0.4, -0.2) is 37.6 Å². The number of carbonyl (C=O) groups is 1. The first-order chi connectivity index (χ1) is 13.5. The van der Waals surface area contributed by atoms with Crippen LogP contribution in [0.25, 0.3) is 0 Å². The zero-order chi connectivity index (χ0) is 20.1. The van der Waals surface area contributed by atoms with Gasteiger partial charge in [-0.1, -0.05) is 6.07 Å². The van der Waals surface area contributed by atoms with Crippen molar-refractivity contribution >= 4 is 11.7 Å². The fourth-order valence-corrected chi connectivity index (χ4v) is 2.92. The number of aromatic nitrogens is 5. The molecule has 0 aliphatic carbocycles. The molecule has 3 heterocycles. The molecule has 0 saturated heterocycles. The Bertz CT molecular complexity index is 953. The number of carbonyl (C=O) groups excluding carboxylic acids is 1. The van der Waals surface area contributed by atoms with Crippen LogP contribution in [0.3, 0.4) is 0 Å². The molecule has 0 saturated carbocycles. The first kappa shape index (κ1) is 19.5. The van der Waals surface area contributed by atoms with Gasteiger partial charge in [-0.05, 0) is 51.3 Å². The third-order valence-electron chi connectivity index (χ3n) is 4.66. The monoisotopic (exact) mass is 379 g/mol. The lowest BCUT2D eigenvalue weighted by molar-refractivity contribution is 0.0928. The highest BCUT2D eigenvalue weighted by molar-refractivity contribution is 5.91. The molecule has 1 atom stereocenters. The van der Waals surface area contributed by atoms with Crippen molar-refractivity contribution < 1.29 is 4.79 Å². The summed E-state index contributed by atoms with van der Waals surface area (Å²) in [6.45, 7) is 8.37. The molecule has 0 radical (unpaired) electrons. The molecule has 8 heteroatoms. The second kappa shape index (κ2) is 8.60. The lowest BCUT2D eigenvalue weighted by atomic mass is 10.1. The van der Waals surface area contributed by atoms with Gasteiger partial charge in [-0.2, -0.15) is 5.10 Å². The Morgan fingerprint density at radius 1 is 1.25 bits per heavy atom. The highest BCUT2D eigenvalue weighted by atomic mass is 16.2. The summed E-state index contributed by atoms with van der Waals surface area (Å²) >= 11 is 0. The molecule has 0 aliphatic rings. The van der Waals surface area contributed by atoms with E-state index in [0.717, 1.165) is 34.5 Å². The first-order valence-corrected chi connectivity index (χ1v) is 9.25. The van der Waals surface area contributed by atoms with Gasteiger partial charge in [-0.15, -0.1) is 0 Å². The number of hydrogen-bond donors (Lipinski definition) is 3. The fourth-order valence-electron chi connectivity index (χ4n) is 2.92. The van der Waals surface area contributed by atoms with Gasteiger partial charge < -0.3 is 10.6 Å². The minimum atomic E-state index is -0.321. The van der Waals surface area contributed by atoms with E-state index in [0.29, 0.717) is 12.4 Å². The summed E-state index contributed by atoms with van der Waals surface area (Å²) in [6.07, 6.45) is 6.18. The van der Waals surface area contributed by atoms with Gasteiger partial charge in [0.05, 0.1) is 17.9 Å². The lowest BCUT2D eigenvalue weighted by Crippen LogP contribution is -2.30. The maximum atomic E-state index is 12.7. The number of aryl methyl sites for hydroxylation is 2. The smallest absolute Gasteiger partial charge is 0.289 e. The molecule has 8 nitrogen and oxygen atoms in total. The average molecular weight is 379 g/mol. The number of anilines is 1. The van der Waals surface area contributed by atoms with Crippen molar-refractivity contribution in [2.24, 2.45) is 0 Å². The number of pyridine rings is 1. The van der Waals surface area contributed by atoms with Gasteiger partial charge in [-0.3, -0.25) is 14.9 Å². The quantitative estimate of drug-likeness (QED) is 0.582. The topological polar surface area (TPSA) is 108 Å². The lowest BCUT2D eigenvalue weighted by Gasteiger charge is -2.16. The summed E-state index contributed by atoms with van der Waals surface area (Å²) in [5.41, 5.74) is 4.66. The highest BCUT2D eigenvalue weighted by Gasteiger charge is 2.18. The van der Waals surface area contributed by atoms with Crippen LogP contribution in [0.2, 0.25) is 0 Å². The SMILES string of the molecule is Cc1cccnc1[C@@H](C)NC(=O)c1nc(C)c(C)c(NCCc2cn[nH]c2)n1. The number of aromatic amines is 1. The van der Waals surface area contributed by atoms with Crippen molar-refractivity contribution in [3.63, 3.8) is 0 Å². The zero-order valence-electron chi connectivity index (χ0n) is 16.6. The summed E-state index contributed by atoms with van der Waals surface area (Å²) in [4.78, 5) is 25.9. The van der Waals surface area contributed by atoms with E-state index in [2.05, 4.69) is 35.8 Å². The maximum Gasteiger partial charge on any atom is 0.289 e. The van der Waals surface area contributed by atoms with Crippen molar-refractivity contribution in [3.05, 3.63) is 64.6 Å². The molecule has 3 aromatic rings. The Kier molecular flexibility index (Phi) is 5.98. The molecule has 0 spiro atoms. The number of hydrogen-bond acceptors (Lipinski definition) is 6. The molecular formula is C20H25N7O. The fraction of sp³-hybridized carbons (Fsp3) is 0.350. The summed E-state index contributed by atoms with van der Waals surface area (Å²) in [5.74, 6) is 0.496. The number of nitrogens with one attached hydrogen (secondary N) is 3. The third-order valence-corrected chi connectivity index (χ3v) is 4.66. The molecule has 0 fully saturated rings. The van der Waals surface area contributed by atoms with Crippen molar-refractivity contribution in [2.45, 2.75) is 40.2 Å². The number of amides is 1. The normalized spacial score (nSPS) is 11.9. The molecule has 28 heavy (non-hydrogen) atoms. The van der Waals surface area contributed by atoms with Crippen molar-refractivity contribution in [1.82, 2.24) is 30.5 Å². The van der Waals surface area contributed by atoms with E-state index < -0.39 is 0 Å². The van der Waals surface area contributed by atoms with Crippen molar-refractivity contribution in [2.75, 3.05) is 11.9 Å². The van der Waals surface area contributed by atoms with E-state index in [4.69, 9.17) is 0 Å². The van der Waals surface area contributed by atoms with Crippen molar-refractivity contribution in [1.29, 1.82) is 0 Å². The van der Waals surface area contributed by atoms with Crippen LogP contribution in [0.5, 0.6) is 0 Å². The summed E-state index contributed by atoms with van der Waals surface area (Å²) < 4.78 is 0. The second-order valence-corrected chi connectivity index (χ2v) is 6.79.